The number of benzene rings is 2. The first-order valence-corrected chi connectivity index (χ1v) is 11.2. The fourth-order valence-corrected chi connectivity index (χ4v) is 4.50. The molecule has 0 aliphatic heterocycles. The Balaban J connectivity index is 1.72. The molecule has 0 unspecified atom stereocenters. The van der Waals surface area contributed by atoms with Crippen LogP contribution in [0.3, 0.4) is 0 Å². The van der Waals surface area contributed by atoms with E-state index in [1.54, 1.807) is 12.1 Å². The number of anilines is 1. The quantitative estimate of drug-likeness (QED) is 0.449. The van der Waals surface area contributed by atoms with Crippen LogP contribution in [0.1, 0.15) is 30.7 Å². The molecule has 6 nitrogen and oxygen atoms in total. The van der Waals surface area contributed by atoms with Gasteiger partial charge in [-0.15, -0.1) is 0 Å². The molecule has 158 valence electrons. The molecule has 0 amide bonds. The summed E-state index contributed by atoms with van der Waals surface area (Å²) in [4.78, 5) is 31.9. The van der Waals surface area contributed by atoms with E-state index in [1.807, 2.05) is 42.5 Å². The average molecular weight is 453 g/mol. The zero-order chi connectivity index (χ0) is 22.0. The molecule has 0 radical (unpaired) electrons. The second kappa shape index (κ2) is 8.99. The summed E-state index contributed by atoms with van der Waals surface area (Å²) in [5.74, 6) is 0. The summed E-state index contributed by atoms with van der Waals surface area (Å²) in [6.45, 7) is 6.10. The van der Waals surface area contributed by atoms with Crippen LogP contribution >= 0.6 is 22.9 Å². The molecule has 4 rings (SSSR count). The lowest BCUT2D eigenvalue weighted by Gasteiger charge is -2.20. The third-order valence-electron chi connectivity index (χ3n) is 5.09. The summed E-state index contributed by atoms with van der Waals surface area (Å²) in [6.07, 6.45) is 2.02. The van der Waals surface area contributed by atoms with Gasteiger partial charge in [-0.1, -0.05) is 53.3 Å². The van der Waals surface area contributed by atoms with Crippen LogP contribution in [0.4, 0.5) is 5.69 Å². The van der Waals surface area contributed by atoms with Gasteiger partial charge in [0.1, 0.15) is 5.69 Å². The molecule has 0 bridgehead atoms. The van der Waals surface area contributed by atoms with Gasteiger partial charge in [-0.3, -0.25) is 9.59 Å². The monoisotopic (exact) mass is 452 g/mol. The van der Waals surface area contributed by atoms with Crippen molar-refractivity contribution in [2.75, 3.05) is 18.0 Å². The molecule has 31 heavy (non-hydrogen) atoms. The minimum Gasteiger partial charge on any atom is -0.372 e. The molecule has 0 saturated carbocycles. The number of halogens is 1. The van der Waals surface area contributed by atoms with Gasteiger partial charge >= 0.3 is 0 Å². The molecule has 8 heteroatoms. The molecular formula is C23H21ClN4O2S. The maximum atomic E-state index is 12.9. The molecule has 0 spiro atoms. The van der Waals surface area contributed by atoms with Crippen LogP contribution in [0, 0.1) is 0 Å². The Hall–Kier alpha value is -3.03. The van der Waals surface area contributed by atoms with Gasteiger partial charge in [0.15, 0.2) is 0 Å². The molecule has 0 aliphatic carbocycles. The fraction of sp³-hybridized carbons (Fsp3) is 0.217. The molecule has 0 N–H and O–H groups in total. The summed E-state index contributed by atoms with van der Waals surface area (Å²) in [7, 11) is 0. The maximum absolute atomic E-state index is 12.9. The number of aromatic nitrogens is 3. The number of fused-ring (bicyclic) bond motifs is 1. The van der Waals surface area contributed by atoms with Gasteiger partial charge in [0.2, 0.25) is 4.96 Å². The van der Waals surface area contributed by atoms with E-state index in [4.69, 9.17) is 11.6 Å². The first-order chi connectivity index (χ1) is 15.0. The summed E-state index contributed by atoms with van der Waals surface area (Å²) < 4.78 is 1.68. The summed E-state index contributed by atoms with van der Waals surface area (Å²) in [5.41, 5.74) is 2.25. The molecular weight excluding hydrogens is 432 g/mol. The highest BCUT2D eigenvalue weighted by Crippen LogP contribution is 2.17. The fourth-order valence-electron chi connectivity index (χ4n) is 3.40. The highest BCUT2D eigenvalue weighted by atomic mass is 35.5. The largest absolute Gasteiger partial charge is 0.372 e. The topological polar surface area (TPSA) is 67.6 Å². The van der Waals surface area contributed by atoms with Crippen molar-refractivity contribution in [2.24, 2.45) is 0 Å². The van der Waals surface area contributed by atoms with E-state index in [0.717, 1.165) is 41.2 Å². The van der Waals surface area contributed by atoms with Crippen LogP contribution < -0.4 is 20.6 Å². The van der Waals surface area contributed by atoms with Crippen LogP contribution in [0.5, 0.6) is 0 Å². The summed E-state index contributed by atoms with van der Waals surface area (Å²) in [6, 6.07) is 15.3. The van der Waals surface area contributed by atoms with Gasteiger partial charge in [-0.05, 0) is 49.2 Å². The van der Waals surface area contributed by atoms with Crippen molar-refractivity contribution in [1.82, 2.24) is 14.6 Å². The molecule has 2 aromatic carbocycles. The van der Waals surface area contributed by atoms with E-state index in [2.05, 4.69) is 28.8 Å². The number of hydrogen-bond acceptors (Lipinski definition) is 6. The molecule has 0 aliphatic rings. The average Bonchev–Trinajstić information content (AvgIpc) is 3.06. The van der Waals surface area contributed by atoms with Crippen molar-refractivity contribution in [1.29, 1.82) is 0 Å². The van der Waals surface area contributed by atoms with E-state index in [1.165, 1.54) is 4.52 Å². The number of thiazole rings is 1. The highest BCUT2D eigenvalue weighted by molar-refractivity contribution is 7.15. The molecule has 2 aromatic heterocycles. The first kappa shape index (κ1) is 21.2. The summed E-state index contributed by atoms with van der Waals surface area (Å²) >= 11 is 7.35. The van der Waals surface area contributed by atoms with E-state index in [0.29, 0.717) is 9.55 Å². The van der Waals surface area contributed by atoms with Crippen LogP contribution in [0.2, 0.25) is 5.02 Å². The Kier molecular flexibility index (Phi) is 6.15. The molecule has 0 saturated heterocycles. The van der Waals surface area contributed by atoms with Crippen LogP contribution in [-0.2, 0) is 6.42 Å². The highest BCUT2D eigenvalue weighted by Gasteiger charge is 2.13. The van der Waals surface area contributed by atoms with Crippen molar-refractivity contribution >= 4 is 39.7 Å². The SMILES string of the molecule is CCN(CC)c1ccc(/C=c2/sc3nc(=O)c(Cc4ccccc4Cl)nn3c2=O)cc1. The zero-order valence-corrected chi connectivity index (χ0v) is 18.8. The van der Waals surface area contributed by atoms with Crippen molar-refractivity contribution in [2.45, 2.75) is 20.3 Å². The van der Waals surface area contributed by atoms with Crippen molar-refractivity contribution in [3.8, 4) is 0 Å². The standard InChI is InChI=1S/C23H21ClN4O2S/c1-3-27(4-2)17-11-9-15(10-12-17)13-20-22(30)28-23(31-20)25-21(29)19(26-28)14-16-7-5-6-8-18(16)24/h5-13H,3-4,14H2,1-2H3/b20-13+. The smallest absolute Gasteiger partial charge is 0.296 e. The van der Waals surface area contributed by atoms with E-state index in [-0.39, 0.29) is 22.6 Å². The van der Waals surface area contributed by atoms with Gasteiger partial charge < -0.3 is 4.90 Å². The van der Waals surface area contributed by atoms with Crippen molar-refractivity contribution in [3.63, 3.8) is 0 Å². The van der Waals surface area contributed by atoms with E-state index < -0.39 is 5.56 Å². The van der Waals surface area contributed by atoms with Crippen LogP contribution in [0.15, 0.2) is 58.1 Å². The number of rotatable bonds is 6. The third kappa shape index (κ3) is 4.38. The Morgan fingerprint density at radius 1 is 1.06 bits per heavy atom. The molecule has 2 heterocycles. The van der Waals surface area contributed by atoms with Gasteiger partial charge in [-0.25, -0.2) is 0 Å². The lowest BCUT2D eigenvalue weighted by atomic mass is 10.1. The molecule has 0 fully saturated rings. The molecule has 0 atom stereocenters. The van der Waals surface area contributed by atoms with Crippen molar-refractivity contribution < 1.29 is 0 Å². The van der Waals surface area contributed by atoms with E-state index >= 15 is 0 Å². The maximum Gasteiger partial charge on any atom is 0.296 e. The minimum absolute atomic E-state index is 0.190. The van der Waals surface area contributed by atoms with Gasteiger partial charge in [0, 0.05) is 30.2 Å². The summed E-state index contributed by atoms with van der Waals surface area (Å²) in [5, 5.41) is 4.83. The lowest BCUT2D eigenvalue weighted by Crippen LogP contribution is -2.28. The Morgan fingerprint density at radius 3 is 2.45 bits per heavy atom. The minimum atomic E-state index is -0.448. The van der Waals surface area contributed by atoms with Crippen molar-refractivity contribution in [3.05, 3.63) is 95.6 Å². The predicted molar refractivity (Wildman–Crippen MR) is 126 cm³/mol. The second-order valence-electron chi connectivity index (χ2n) is 7.01. The van der Waals surface area contributed by atoms with Gasteiger partial charge in [-0.2, -0.15) is 14.6 Å². The number of nitrogens with zero attached hydrogens (tertiary/aromatic N) is 4. The van der Waals surface area contributed by atoms with Gasteiger partial charge in [0.05, 0.1) is 4.53 Å². The van der Waals surface area contributed by atoms with Gasteiger partial charge in [0.25, 0.3) is 11.1 Å². The Bertz CT molecular complexity index is 1390. The van der Waals surface area contributed by atoms with Crippen LogP contribution in [-0.4, -0.2) is 27.7 Å². The van der Waals surface area contributed by atoms with E-state index in [9.17, 15) is 9.59 Å². The normalized spacial score (nSPS) is 11.9. The second-order valence-corrected chi connectivity index (χ2v) is 8.42. The Morgan fingerprint density at radius 2 is 1.77 bits per heavy atom. The van der Waals surface area contributed by atoms with Crippen LogP contribution in [0.25, 0.3) is 11.0 Å². The third-order valence-corrected chi connectivity index (χ3v) is 6.41. The Labute approximate surface area is 188 Å². The molecule has 4 aromatic rings. The predicted octanol–water partition coefficient (Wildman–Crippen LogP) is 3.15. The number of hydrogen-bond donors (Lipinski definition) is 0. The lowest BCUT2D eigenvalue weighted by molar-refractivity contribution is 0.811. The first-order valence-electron chi connectivity index (χ1n) is 10.0. The zero-order valence-electron chi connectivity index (χ0n) is 17.2.